The van der Waals surface area contributed by atoms with E-state index in [1.54, 1.807) is 12.4 Å². The molecule has 1 N–H and O–H groups in total. The standard InChI is InChI=1S/C12H16N2O3/c15-12(16)11-9-17-8-7-14(11)6-3-10-1-4-13-5-2-10/h1-2,4-5,11H,3,6-9H2,(H,15,16). The Kier molecular flexibility index (Phi) is 4.06. The zero-order valence-electron chi connectivity index (χ0n) is 9.58. The van der Waals surface area contributed by atoms with Crippen LogP contribution in [-0.4, -0.2) is 53.3 Å². The second-order valence-corrected chi connectivity index (χ2v) is 4.07. The fourth-order valence-electron chi connectivity index (χ4n) is 1.96. The van der Waals surface area contributed by atoms with E-state index in [1.807, 2.05) is 17.0 Å². The van der Waals surface area contributed by atoms with Gasteiger partial charge in [0.2, 0.25) is 0 Å². The molecule has 1 saturated heterocycles. The third kappa shape index (κ3) is 3.25. The van der Waals surface area contributed by atoms with Gasteiger partial charge in [-0.15, -0.1) is 0 Å². The monoisotopic (exact) mass is 236 g/mol. The first-order valence-electron chi connectivity index (χ1n) is 5.71. The third-order valence-corrected chi connectivity index (χ3v) is 2.96. The summed E-state index contributed by atoms with van der Waals surface area (Å²) in [7, 11) is 0. The van der Waals surface area contributed by atoms with E-state index in [4.69, 9.17) is 9.84 Å². The molecule has 0 aromatic carbocycles. The summed E-state index contributed by atoms with van der Waals surface area (Å²) in [5.41, 5.74) is 1.18. The van der Waals surface area contributed by atoms with Crippen LogP contribution < -0.4 is 0 Å². The summed E-state index contributed by atoms with van der Waals surface area (Å²) < 4.78 is 5.19. The van der Waals surface area contributed by atoms with Crippen molar-refractivity contribution in [2.24, 2.45) is 0 Å². The summed E-state index contributed by atoms with van der Waals surface area (Å²) in [6.07, 6.45) is 4.35. The second kappa shape index (κ2) is 5.75. The van der Waals surface area contributed by atoms with Gasteiger partial charge in [-0.05, 0) is 24.1 Å². The Bertz CT molecular complexity index is 369. The molecule has 0 aliphatic carbocycles. The molecule has 5 nitrogen and oxygen atoms in total. The number of pyridine rings is 1. The van der Waals surface area contributed by atoms with Gasteiger partial charge in [-0.25, -0.2) is 0 Å². The predicted octanol–water partition coefficient (Wildman–Crippen LogP) is 0.409. The quantitative estimate of drug-likeness (QED) is 0.820. The summed E-state index contributed by atoms with van der Waals surface area (Å²) in [6, 6.07) is 3.40. The zero-order chi connectivity index (χ0) is 12.1. The van der Waals surface area contributed by atoms with Crippen molar-refractivity contribution >= 4 is 5.97 Å². The molecular weight excluding hydrogens is 220 g/mol. The van der Waals surface area contributed by atoms with Gasteiger partial charge in [0, 0.05) is 25.5 Å². The fourth-order valence-corrected chi connectivity index (χ4v) is 1.96. The van der Waals surface area contributed by atoms with Gasteiger partial charge in [0.15, 0.2) is 0 Å². The lowest BCUT2D eigenvalue weighted by Gasteiger charge is -2.32. The van der Waals surface area contributed by atoms with Crippen LogP contribution in [0.5, 0.6) is 0 Å². The van der Waals surface area contributed by atoms with Crippen LogP contribution in [0, 0.1) is 0 Å². The van der Waals surface area contributed by atoms with Crippen molar-refractivity contribution in [2.45, 2.75) is 12.5 Å². The lowest BCUT2D eigenvalue weighted by molar-refractivity contribution is -0.149. The van der Waals surface area contributed by atoms with E-state index in [2.05, 4.69) is 4.98 Å². The van der Waals surface area contributed by atoms with E-state index in [-0.39, 0.29) is 6.61 Å². The SMILES string of the molecule is O=C(O)C1COCCN1CCc1ccncc1. The Morgan fingerprint density at radius 1 is 1.53 bits per heavy atom. The van der Waals surface area contributed by atoms with Crippen LogP contribution in [0.4, 0.5) is 0 Å². The van der Waals surface area contributed by atoms with Crippen LogP contribution in [0.3, 0.4) is 0 Å². The van der Waals surface area contributed by atoms with Crippen molar-refractivity contribution in [1.82, 2.24) is 9.88 Å². The summed E-state index contributed by atoms with van der Waals surface area (Å²) in [5, 5.41) is 9.07. The van der Waals surface area contributed by atoms with Gasteiger partial charge in [-0.1, -0.05) is 0 Å². The minimum atomic E-state index is -0.806. The number of nitrogens with zero attached hydrogens (tertiary/aromatic N) is 2. The first-order valence-corrected chi connectivity index (χ1v) is 5.71. The van der Waals surface area contributed by atoms with Crippen LogP contribution in [0.1, 0.15) is 5.56 Å². The van der Waals surface area contributed by atoms with Crippen molar-refractivity contribution in [1.29, 1.82) is 0 Å². The topological polar surface area (TPSA) is 62.7 Å². The highest BCUT2D eigenvalue weighted by atomic mass is 16.5. The van der Waals surface area contributed by atoms with Crippen molar-refractivity contribution in [3.8, 4) is 0 Å². The Hall–Kier alpha value is -1.46. The summed E-state index contributed by atoms with van der Waals surface area (Å²) in [4.78, 5) is 17.0. The van der Waals surface area contributed by atoms with E-state index in [0.29, 0.717) is 13.2 Å². The van der Waals surface area contributed by atoms with Crippen LogP contribution in [0.2, 0.25) is 0 Å². The normalized spacial score (nSPS) is 21.3. The highest BCUT2D eigenvalue weighted by Crippen LogP contribution is 2.09. The largest absolute Gasteiger partial charge is 0.480 e. The Labute approximate surface area is 100 Å². The smallest absolute Gasteiger partial charge is 0.323 e. The van der Waals surface area contributed by atoms with Gasteiger partial charge in [0.1, 0.15) is 6.04 Å². The molecule has 17 heavy (non-hydrogen) atoms. The fraction of sp³-hybridized carbons (Fsp3) is 0.500. The second-order valence-electron chi connectivity index (χ2n) is 4.07. The number of aliphatic carboxylic acids is 1. The molecule has 1 aromatic heterocycles. The maximum absolute atomic E-state index is 11.0. The summed E-state index contributed by atoms with van der Waals surface area (Å²) in [5.74, 6) is -0.806. The number of hydrogen-bond acceptors (Lipinski definition) is 4. The summed E-state index contributed by atoms with van der Waals surface area (Å²) >= 11 is 0. The molecule has 2 heterocycles. The maximum atomic E-state index is 11.0. The average Bonchev–Trinajstić information content (AvgIpc) is 2.38. The maximum Gasteiger partial charge on any atom is 0.323 e. The molecule has 1 fully saturated rings. The van der Waals surface area contributed by atoms with Gasteiger partial charge in [0.25, 0.3) is 0 Å². The van der Waals surface area contributed by atoms with Gasteiger partial charge in [-0.2, -0.15) is 0 Å². The number of carbonyl (C=O) groups is 1. The van der Waals surface area contributed by atoms with Crippen LogP contribution >= 0.6 is 0 Å². The average molecular weight is 236 g/mol. The Balaban J connectivity index is 1.90. The first kappa shape index (κ1) is 12.0. The molecule has 0 saturated carbocycles. The minimum absolute atomic E-state index is 0.283. The predicted molar refractivity (Wildman–Crippen MR) is 61.8 cm³/mol. The lowest BCUT2D eigenvalue weighted by Crippen LogP contribution is -2.50. The third-order valence-electron chi connectivity index (χ3n) is 2.96. The first-order chi connectivity index (χ1) is 8.27. The molecule has 0 amide bonds. The number of ether oxygens (including phenoxy) is 1. The number of aromatic nitrogens is 1. The number of carboxylic acids is 1. The highest BCUT2D eigenvalue weighted by molar-refractivity contribution is 5.73. The molecule has 1 aliphatic heterocycles. The molecule has 2 rings (SSSR count). The van der Waals surface area contributed by atoms with E-state index in [1.165, 1.54) is 5.56 Å². The molecule has 0 radical (unpaired) electrons. The van der Waals surface area contributed by atoms with Crippen molar-refractivity contribution in [2.75, 3.05) is 26.3 Å². The number of hydrogen-bond donors (Lipinski definition) is 1. The van der Waals surface area contributed by atoms with Crippen LogP contribution in [-0.2, 0) is 16.0 Å². The highest BCUT2D eigenvalue weighted by Gasteiger charge is 2.28. The number of rotatable bonds is 4. The molecular formula is C12H16N2O3. The van der Waals surface area contributed by atoms with Crippen LogP contribution in [0.15, 0.2) is 24.5 Å². The molecule has 1 aromatic rings. The van der Waals surface area contributed by atoms with E-state index in [9.17, 15) is 4.79 Å². The van der Waals surface area contributed by atoms with Crippen molar-refractivity contribution in [3.05, 3.63) is 30.1 Å². The number of carboxylic acid groups (broad SMARTS) is 1. The van der Waals surface area contributed by atoms with E-state index >= 15 is 0 Å². The van der Waals surface area contributed by atoms with Crippen LogP contribution in [0.25, 0.3) is 0 Å². The van der Waals surface area contributed by atoms with Crippen molar-refractivity contribution in [3.63, 3.8) is 0 Å². The van der Waals surface area contributed by atoms with Crippen molar-refractivity contribution < 1.29 is 14.6 Å². The molecule has 1 atom stereocenters. The number of morpholine rings is 1. The Morgan fingerprint density at radius 2 is 2.29 bits per heavy atom. The van der Waals surface area contributed by atoms with Gasteiger partial charge in [-0.3, -0.25) is 14.7 Å². The van der Waals surface area contributed by atoms with Gasteiger partial charge in [0.05, 0.1) is 13.2 Å². The van der Waals surface area contributed by atoms with E-state index < -0.39 is 12.0 Å². The zero-order valence-corrected chi connectivity index (χ0v) is 9.58. The molecule has 0 spiro atoms. The lowest BCUT2D eigenvalue weighted by atomic mass is 10.1. The molecule has 0 bridgehead atoms. The Morgan fingerprint density at radius 3 is 3.00 bits per heavy atom. The van der Waals surface area contributed by atoms with Gasteiger partial charge < -0.3 is 9.84 Å². The minimum Gasteiger partial charge on any atom is -0.480 e. The molecule has 1 unspecified atom stereocenters. The summed E-state index contributed by atoms with van der Waals surface area (Å²) in [6.45, 7) is 2.32. The van der Waals surface area contributed by atoms with E-state index in [0.717, 1.165) is 13.0 Å². The molecule has 5 heteroatoms. The molecule has 92 valence electrons. The van der Waals surface area contributed by atoms with Gasteiger partial charge >= 0.3 is 5.97 Å². The molecule has 1 aliphatic rings.